The minimum atomic E-state index is -0.569. The molecule has 0 radical (unpaired) electrons. The van der Waals surface area contributed by atoms with Crippen LogP contribution in [0.1, 0.15) is 39.5 Å². The van der Waals surface area contributed by atoms with Crippen LogP contribution in [0, 0.1) is 0 Å². The highest BCUT2D eigenvalue weighted by Crippen LogP contribution is 2.26. The van der Waals surface area contributed by atoms with Crippen LogP contribution in [0.15, 0.2) is 0 Å². The number of nitrogens with two attached hydrogens (primary N) is 1. The van der Waals surface area contributed by atoms with Gasteiger partial charge in [-0.25, -0.2) is 0 Å². The fraction of sp³-hybridized carbons (Fsp3) is 0.929. The Labute approximate surface area is 115 Å². The molecule has 2 aliphatic heterocycles. The average Bonchev–Trinajstić information content (AvgIpc) is 2.69. The number of fused-ring (bicyclic) bond motifs is 2. The SMILES string of the molecule is CCNC(C)(CCCN1CC2CCC(C1)O2)C(N)=O. The molecule has 2 heterocycles. The van der Waals surface area contributed by atoms with Crippen molar-refractivity contribution in [3.8, 4) is 0 Å². The van der Waals surface area contributed by atoms with Gasteiger partial charge in [-0.3, -0.25) is 9.69 Å². The van der Waals surface area contributed by atoms with Gasteiger partial charge in [0.1, 0.15) is 0 Å². The van der Waals surface area contributed by atoms with Crippen LogP contribution < -0.4 is 11.1 Å². The highest BCUT2D eigenvalue weighted by Gasteiger charge is 2.34. The molecule has 2 bridgehead atoms. The minimum absolute atomic E-state index is 0.253. The summed E-state index contributed by atoms with van der Waals surface area (Å²) in [6.07, 6.45) is 5.08. The van der Waals surface area contributed by atoms with Crippen molar-refractivity contribution in [2.75, 3.05) is 26.2 Å². The van der Waals surface area contributed by atoms with Gasteiger partial charge in [0, 0.05) is 13.1 Å². The Morgan fingerprint density at radius 3 is 2.58 bits per heavy atom. The number of nitrogens with zero attached hydrogens (tertiary/aromatic N) is 1. The first-order valence-corrected chi connectivity index (χ1v) is 7.46. The summed E-state index contributed by atoms with van der Waals surface area (Å²) in [6, 6.07) is 0. The van der Waals surface area contributed by atoms with Crippen molar-refractivity contribution >= 4 is 5.91 Å². The molecule has 2 rings (SSSR count). The van der Waals surface area contributed by atoms with Gasteiger partial charge in [-0.2, -0.15) is 0 Å². The molecule has 0 spiro atoms. The summed E-state index contributed by atoms with van der Waals surface area (Å²) < 4.78 is 5.82. The number of nitrogens with one attached hydrogen (secondary N) is 1. The van der Waals surface area contributed by atoms with Gasteiger partial charge in [-0.1, -0.05) is 6.92 Å². The van der Waals surface area contributed by atoms with E-state index in [0.29, 0.717) is 12.2 Å². The summed E-state index contributed by atoms with van der Waals surface area (Å²) in [7, 11) is 0. The van der Waals surface area contributed by atoms with E-state index in [1.54, 1.807) is 0 Å². The summed E-state index contributed by atoms with van der Waals surface area (Å²) in [6.45, 7) is 7.80. The van der Waals surface area contributed by atoms with Crippen molar-refractivity contribution in [3.05, 3.63) is 0 Å². The molecule has 0 aliphatic carbocycles. The second-order valence-electron chi connectivity index (χ2n) is 6.05. The number of hydrogen-bond acceptors (Lipinski definition) is 4. The summed E-state index contributed by atoms with van der Waals surface area (Å²) >= 11 is 0. The molecule has 2 aliphatic rings. The van der Waals surface area contributed by atoms with E-state index in [-0.39, 0.29) is 5.91 Å². The lowest BCUT2D eigenvalue weighted by Gasteiger charge is -2.33. The second-order valence-corrected chi connectivity index (χ2v) is 6.05. The van der Waals surface area contributed by atoms with Crippen molar-refractivity contribution in [1.29, 1.82) is 0 Å². The molecule has 19 heavy (non-hydrogen) atoms. The number of amides is 1. The van der Waals surface area contributed by atoms with Crippen LogP contribution in [0.2, 0.25) is 0 Å². The number of ether oxygens (including phenoxy) is 1. The average molecular weight is 269 g/mol. The minimum Gasteiger partial charge on any atom is -0.372 e. The third kappa shape index (κ3) is 3.68. The molecule has 2 fully saturated rings. The van der Waals surface area contributed by atoms with E-state index in [2.05, 4.69) is 10.2 Å². The normalized spacial score (nSPS) is 30.2. The van der Waals surface area contributed by atoms with Crippen LogP contribution >= 0.6 is 0 Å². The van der Waals surface area contributed by atoms with Gasteiger partial charge in [-0.05, 0) is 45.7 Å². The monoisotopic (exact) mass is 269 g/mol. The van der Waals surface area contributed by atoms with Crippen LogP contribution in [-0.4, -0.2) is 54.7 Å². The quantitative estimate of drug-likeness (QED) is 0.705. The molecule has 110 valence electrons. The number of morpholine rings is 1. The standard InChI is InChI=1S/C14H27N3O2/c1-3-16-14(2,13(15)18)7-4-8-17-9-11-5-6-12(10-17)19-11/h11-12,16H,3-10H2,1-2H3,(H2,15,18). The molecular formula is C14H27N3O2. The fourth-order valence-electron chi connectivity index (χ4n) is 3.23. The Morgan fingerprint density at radius 2 is 2.05 bits per heavy atom. The first kappa shape index (κ1) is 14.8. The maximum atomic E-state index is 11.5. The molecular weight excluding hydrogens is 242 g/mol. The van der Waals surface area contributed by atoms with Crippen molar-refractivity contribution in [1.82, 2.24) is 10.2 Å². The molecule has 3 atom stereocenters. The van der Waals surface area contributed by atoms with Gasteiger partial charge in [0.25, 0.3) is 0 Å². The first-order chi connectivity index (χ1) is 9.03. The van der Waals surface area contributed by atoms with Crippen LogP contribution in [0.3, 0.4) is 0 Å². The summed E-state index contributed by atoms with van der Waals surface area (Å²) in [5.41, 5.74) is 4.93. The number of rotatable bonds is 7. The lowest BCUT2D eigenvalue weighted by molar-refractivity contribution is -0.124. The molecule has 3 N–H and O–H groups in total. The van der Waals surface area contributed by atoms with E-state index in [0.717, 1.165) is 39.0 Å². The highest BCUT2D eigenvalue weighted by atomic mass is 16.5. The van der Waals surface area contributed by atoms with E-state index in [1.165, 1.54) is 12.8 Å². The molecule has 5 nitrogen and oxygen atoms in total. The Hall–Kier alpha value is -0.650. The molecule has 3 unspecified atom stereocenters. The van der Waals surface area contributed by atoms with Crippen molar-refractivity contribution < 1.29 is 9.53 Å². The number of hydrogen-bond donors (Lipinski definition) is 2. The first-order valence-electron chi connectivity index (χ1n) is 7.46. The summed E-state index contributed by atoms with van der Waals surface area (Å²) in [5, 5.41) is 3.21. The van der Waals surface area contributed by atoms with Crippen LogP contribution in [-0.2, 0) is 9.53 Å². The Kier molecular flexibility index (Phi) is 4.81. The number of primary amides is 1. The molecule has 0 aromatic carbocycles. The van der Waals surface area contributed by atoms with E-state index in [1.807, 2.05) is 13.8 Å². The number of carbonyl (C=O) groups is 1. The zero-order chi connectivity index (χ0) is 13.9. The fourth-order valence-corrected chi connectivity index (χ4v) is 3.23. The molecule has 5 heteroatoms. The zero-order valence-corrected chi connectivity index (χ0v) is 12.2. The van der Waals surface area contributed by atoms with Crippen molar-refractivity contribution in [3.63, 3.8) is 0 Å². The van der Waals surface area contributed by atoms with Crippen molar-refractivity contribution in [2.45, 2.75) is 57.3 Å². The van der Waals surface area contributed by atoms with E-state index in [9.17, 15) is 4.79 Å². The van der Waals surface area contributed by atoms with Gasteiger partial charge in [0.05, 0.1) is 17.7 Å². The maximum absolute atomic E-state index is 11.5. The smallest absolute Gasteiger partial charge is 0.237 e. The molecule has 0 aromatic rings. The van der Waals surface area contributed by atoms with Crippen LogP contribution in [0.4, 0.5) is 0 Å². The lowest BCUT2D eigenvalue weighted by atomic mass is 9.94. The van der Waals surface area contributed by atoms with Crippen LogP contribution in [0.25, 0.3) is 0 Å². The number of carbonyl (C=O) groups excluding carboxylic acids is 1. The predicted molar refractivity (Wildman–Crippen MR) is 74.8 cm³/mol. The number of likely N-dealkylation sites (tertiary alicyclic amines) is 1. The Bertz CT molecular complexity index is 312. The third-order valence-corrected chi connectivity index (χ3v) is 4.38. The van der Waals surface area contributed by atoms with E-state index >= 15 is 0 Å². The third-order valence-electron chi connectivity index (χ3n) is 4.38. The maximum Gasteiger partial charge on any atom is 0.237 e. The topological polar surface area (TPSA) is 67.6 Å². The Morgan fingerprint density at radius 1 is 1.42 bits per heavy atom. The van der Waals surface area contributed by atoms with Gasteiger partial charge < -0.3 is 15.8 Å². The number of likely N-dealkylation sites (N-methyl/N-ethyl adjacent to an activating group) is 1. The molecule has 1 amide bonds. The highest BCUT2D eigenvalue weighted by molar-refractivity contribution is 5.84. The van der Waals surface area contributed by atoms with Crippen molar-refractivity contribution in [2.24, 2.45) is 5.73 Å². The van der Waals surface area contributed by atoms with Gasteiger partial charge in [-0.15, -0.1) is 0 Å². The van der Waals surface area contributed by atoms with E-state index < -0.39 is 5.54 Å². The summed E-state index contributed by atoms with van der Waals surface area (Å²) in [5.74, 6) is -0.253. The van der Waals surface area contributed by atoms with Crippen LogP contribution in [0.5, 0.6) is 0 Å². The summed E-state index contributed by atoms with van der Waals surface area (Å²) in [4.78, 5) is 14.0. The van der Waals surface area contributed by atoms with Gasteiger partial charge in [0.2, 0.25) is 5.91 Å². The predicted octanol–water partition coefficient (Wildman–Crippen LogP) is 0.483. The molecule has 0 aromatic heterocycles. The Balaban J connectivity index is 1.74. The van der Waals surface area contributed by atoms with E-state index in [4.69, 9.17) is 10.5 Å². The second kappa shape index (κ2) is 6.20. The lowest BCUT2D eigenvalue weighted by Crippen LogP contribution is -2.53. The molecule has 2 saturated heterocycles. The largest absolute Gasteiger partial charge is 0.372 e. The zero-order valence-electron chi connectivity index (χ0n) is 12.2. The van der Waals surface area contributed by atoms with Gasteiger partial charge >= 0.3 is 0 Å². The van der Waals surface area contributed by atoms with Gasteiger partial charge in [0.15, 0.2) is 0 Å². The molecule has 0 saturated carbocycles.